The Balaban J connectivity index is 2.78. The van der Waals surface area contributed by atoms with E-state index in [1.807, 2.05) is 6.92 Å². The van der Waals surface area contributed by atoms with E-state index in [1.54, 1.807) is 6.08 Å². The second kappa shape index (κ2) is 7.17. The van der Waals surface area contributed by atoms with Crippen molar-refractivity contribution in [1.82, 2.24) is 5.32 Å². The van der Waals surface area contributed by atoms with E-state index in [0.717, 1.165) is 0 Å². The summed E-state index contributed by atoms with van der Waals surface area (Å²) in [6.07, 6.45) is 1.56. The number of rotatable bonds is 7. The highest BCUT2D eigenvalue weighted by Gasteiger charge is 2.49. The summed E-state index contributed by atoms with van der Waals surface area (Å²) in [6.45, 7) is 18.3. The Labute approximate surface area is 140 Å². The minimum Gasteiger partial charge on any atom is -0.465 e. The minimum atomic E-state index is -1.94. The maximum atomic E-state index is 12.1. The van der Waals surface area contributed by atoms with Gasteiger partial charge >= 0.3 is 5.97 Å². The molecular weight excluding hydrogens is 310 g/mol. The van der Waals surface area contributed by atoms with Gasteiger partial charge in [-0.15, -0.1) is 6.58 Å². The summed E-state index contributed by atoms with van der Waals surface area (Å²) in [7, 11) is -1.94. The molecule has 0 saturated carbocycles. The van der Waals surface area contributed by atoms with Crippen molar-refractivity contribution in [3.63, 3.8) is 0 Å². The lowest BCUT2D eigenvalue weighted by Gasteiger charge is -2.47. The number of carbonyl (C=O) groups is 2. The van der Waals surface area contributed by atoms with E-state index in [4.69, 9.17) is 9.16 Å². The lowest BCUT2D eigenvalue weighted by Crippen LogP contribution is -2.66. The fourth-order valence-electron chi connectivity index (χ4n) is 2.54. The lowest BCUT2D eigenvalue weighted by molar-refractivity contribution is -0.146. The van der Waals surface area contributed by atoms with Crippen LogP contribution in [0.4, 0.5) is 0 Å². The van der Waals surface area contributed by atoms with Gasteiger partial charge in [-0.3, -0.25) is 9.59 Å². The largest absolute Gasteiger partial charge is 0.465 e. The second-order valence-corrected chi connectivity index (χ2v) is 12.6. The summed E-state index contributed by atoms with van der Waals surface area (Å²) < 4.78 is 11.4. The van der Waals surface area contributed by atoms with Crippen molar-refractivity contribution in [1.29, 1.82) is 0 Å². The number of β-lactam (4-membered cyclic amide) rings is 1. The van der Waals surface area contributed by atoms with Gasteiger partial charge in [0.15, 0.2) is 8.32 Å². The normalized spacial score (nSPS) is 24.2. The van der Waals surface area contributed by atoms with Crippen molar-refractivity contribution in [3.05, 3.63) is 12.7 Å². The van der Waals surface area contributed by atoms with Crippen LogP contribution in [0.5, 0.6) is 0 Å². The molecule has 0 spiro atoms. The standard InChI is InChI=1S/C17H31NO4Si/c1-9-13(10-21-12(3)19)15-14(16(20)18-15)11(2)22-23(7,8)17(4,5)6/h9,11,13-15H,1,10H2,2-8H3,(H,18,20)/t11-,13+,14-,15-/m1/s1. The average molecular weight is 342 g/mol. The van der Waals surface area contributed by atoms with Gasteiger partial charge in [-0.2, -0.15) is 0 Å². The molecule has 0 radical (unpaired) electrons. The maximum Gasteiger partial charge on any atom is 0.302 e. The zero-order chi connectivity index (χ0) is 18.0. The topological polar surface area (TPSA) is 64.6 Å². The second-order valence-electron chi connectivity index (χ2n) is 7.85. The first-order valence-corrected chi connectivity index (χ1v) is 11.1. The Kier molecular flexibility index (Phi) is 6.21. The first kappa shape index (κ1) is 19.9. The summed E-state index contributed by atoms with van der Waals surface area (Å²) in [4.78, 5) is 23.1. The number of amides is 1. The maximum absolute atomic E-state index is 12.1. The third kappa shape index (κ3) is 4.67. The molecule has 1 heterocycles. The van der Waals surface area contributed by atoms with E-state index in [9.17, 15) is 9.59 Å². The molecule has 6 heteroatoms. The molecule has 23 heavy (non-hydrogen) atoms. The quantitative estimate of drug-likeness (QED) is 0.335. The number of hydrogen-bond acceptors (Lipinski definition) is 4. The number of hydrogen-bond donors (Lipinski definition) is 1. The summed E-state index contributed by atoms with van der Waals surface area (Å²) in [6, 6.07) is -0.0980. The van der Waals surface area contributed by atoms with Crippen molar-refractivity contribution in [2.45, 2.75) is 64.9 Å². The molecule has 0 aliphatic carbocycles. The van der Waals surface area contributed by atoms with E-state index in [0.29, 0.717) is 0 Å². The van der Waals surface area contributed by atoms with Crippen LogP contribution in [-0.4, -0.2) is 38.9 Å². The Hall–Kier alpha value is -1.14. The molecule has 5 nitrogen and oxygen atoms in total. The summed E-state index contributed by atoms with van der Waals surface area (Å²) in [5, 5.41) is 3.00. The molecule has 1 fully saturated rings. The van der Waals surface area contributed by atoms with Gasteiger partial charge < -0.3 is 14.5 Å². The predicted molar refractivity (Wildman–Crippen MR) is 93.5 cm³/mol. The van der Waals surface area contributed by atoms with Crippen molar-refractivity contribution < 1.29 is 18.8 Å². The number of ether oxygens (including phenoxy) is 1. The Morgan fingerprint density at radius 3 is 2.39 bits per heavy atom. The highest BCUT2D eigenvalue weighted by atomic mass is 28.4. The summed E-state index contributed by atoms with van der Waals surface area (Å²) in [5.41, 5.74) is 0. The highest BCUT2D eigenvalue weighted by Crippen LogP contribution is 2.39. The van der Waals surface area contributed by atoms with Crippen molar-refractivity contribution in [2.24, 2.45) is 11.8 Å². The van der Waals surface area contributed by atoms with E-state index in [2.05, 4.69) is 45.8 Å². The van der Waals surface area contributed by atoms with E-state index in [-0.39, 0.29) is 47.5 Å². The number of esters is 1. The van der Waals surface area contributed by atoms with Crippen LogP contribution in [0.3, 0.4) is 0 Å². The molecule has 1 saturated heterocycles. The molecule has 4 atom stereocenters. The lowest BCUT2D eigenvalue weighted by atomic mass is 9.78. The first-order valence-electron chi connectivity index (χ1n) is 8.15. The highest BCUT2D eigenvalue weighted by molar-refractivity contribution is 6.74. The van der Waals surface area contributed by atoms with Gasteiger partial charge in [0.1, 0.15) is 0 Å². The van der Waals surface area contributed by atoms with Crippen LogP contribution >= 0.6 is 0 Å². The average Bonchev–Trinajstić information content (AvgIpc) is 2.35. The molecule has 1 aliphatic rings. The van der Waals surface area contributed by atoms with E-state index < -0.39 is 8.32 Å². The molecule has 1 N–H and O–H groups in total. The number of carbonyl (C=O) groups excluding carboxylic acids is 2. The molecule has 132 valence electrons. The van der Waals surface area contributed by atoms with Gasteiger partial charge in [0.05, 0.1) is 24.7 Å². The van der Waals surface area contributed by atoms with Crippen LogP contribution in [0.15, 0.2) is 12.7 Å². The fraction of sp³-hybridized carbons (Fsp3) is 0.765. The third-order valence-electron chi connectivity index (χ3n) is 5.03. The fourth-order valence-corrected chi connectivity index (χ4v) is 3.97. The summed E-state index contributed by atoms with van der Waals surface area (Å²) >= 11 is 0. The van der Waals surface area contributed by atoms with Crippen molar-refractivity contribution in [2.75, 3.05) is 6.61 Å². The molecule has 0 unspecified atom stereocenters. The monoisotopic (exact) mass is 341 g/mol. The molecule has 1 rings (SSSR count). The van der Waals surface area contributed by atoms with Gasteiger partial charge in [-0.25, -0.2) is 0 Å². The van der Waals surface area contributed by atoms with Gasteiger partial charge in [0.2, 0.25) is 5.91 Å². The molecule has 0 aromatic carbocycles. The molecule has 1 amide bonds. The Morgan fingerprint density at radius 1 is 1.43 bits per heavy atom. The number of nitrogens with one attached hydrogen (secondary N) is 1. The van der Waals surface area contributed by atoms with Gasteiger partial charge in [0, 0.05) is 12.8 Å². The molecule has 0 aromatic rings. The van der Waals surface area contributed by atoms with Gasteiger partial charge in [0.25, 0.3) is 0 Å². The first-order chi connectivity index (χ1) is 10.4. The molecule has 0 aromatic heterocycles. The Morgan fingerprint density at radius 2 is 2.00 bits per heavy atom. The zero-order valence-electron chi connectivity index (χ0n) is 15.4. The summed E-state index contributed by atoms with van der Waals surface area (Å²) in [5.74, 6) is -0.671. The van der Waals surface area contributed by atoms with Gasteiger partial charge in [-0.1, -0.05) is 26.8 Å². The van der Waals surface area contributed by atoms with Crippen molar-refractivity contribution >= 4 is 20.2 Å². The molecule has 1 aliphatic heterocycles. The third-order valence-corrected chi connectivity index (χ3v) is 9.61. The Bertz CT molecular complexity index is 470. The molecular formula is C17H31NO4Si. The van der Waals surface area contributed by atoms with E-state index in [1.165, 1.54) is 6.92 Å². The smallest absolute Gasteiger partial charge is 0.302 e. The van der Waals surface area contributed by atoms with Crippen molar-refractivity contribution in [3.8, 4) is 0 Å². The minimum absolute atomic E-state index is 0.00381. The predicted octanol–water partition coefficient (Wildman–Crippen LogP) is 2.88. The van der Waals surface area contributed by atoms with Crippen LogP contribution in [0.1, 0.15) is 34.6 Å². The van der Waals surface area contributed by atoms with Crippen LogP contribution < -0.4 is 5.32 Å². The van der Waals surface area contributed by atoms with Crippen LogP contribution in [0.25, 0.3) is 0 Å². The van der Waals surface area contributed by atoms with Gasteiger partial charge in [-0.05, 0) is 25.1 Å². The van der Waals surface area contributed by atoms with E-state index >= 15 is 0 Å². The van der Waals surface area contributed by atoms with Crippen LogP contribution in [0, 0.1) is 11.8 Å². The zero-order valence-corrected chi connectivity index (χ0v) is 16.4. The SMILES string of the molecule is C=C[C@@H](COC(C)=O)[C@H]1NC(=O)[C@@H]1[C@@H](C)O[Si](C)(C)C(C)(C)C. The molecule has 0 bridgehead atoms. The van der Waals surface area contributed by atoms with Crippen LogP contribution in [-0.2, 0) is 18.8 Å². The van der Waals surface area contributed by atoms with Crippen LogP contribution in [0.2, 0.25) is 18.1 Å².